The van der Waals surface area contributed by atoms with Gasteiger partial charge >= 0.3 is 0 Å². The largest absolute Gasteiger partial charge is 0.456 e. The monoisotopic (exact) mass is 329 g/mol. The Kier molecular flexibility index (Phi) is 3.58. The first-order valence-corrected chi connectivity index (χ1v) is 7.95. The zero-order chi connectivity index (χ0) is 17.4. The molecule has 0 radical (unpaired) electrons. The van der Waals surface area contributed by atoms with Gasteiger partial charge < -0.3 is 9.73 Å². The van der Waals surface area contributed by atoms with Crippen molar-refractivity contribution in [1.82, 2.24) is 0 Å². The smallest absolute Gasteiger partial charge is 0.255 e. The second-order valence-corrected chi connectivity index (χ2v) is 5.96. The van der Waals surface area contributed by atoms with E-state index < -0.39 is 0 Å². The number of hydrogen-bond acceptors (Lipinski definition) is 3. The van der Waals surface area contributed by atoms with Gasteiger partial charge in [-0.25, -0.2) is 0 Å². The zero-order valence-electron chi connectivity index (χ0n) is 13.6. The Balaban J connectivity index is 1.75. The summed E-state index contributed by atoms with van der Waals surface area (Å²) in [5, 5.41) is 3.88. The van der Waals surface area contributed by atoms with E-state index >= 15 is 0 Å². The van der Waals surface area contributed by atoms with Crippen LogP contribution in [0.4, 0.5) is 5.69 Å². The number of hydrogen-bond donors (Lipinski definition) is 1. The van der Waals surface area contributed by atoms with Gasteiger partial charge in [-0.15, -0.1) is 0 Å². The predicted molar refractivity (Wildman–Crippen MR) is 99.1 cm³/mol. The number of rotatable bonds is 2. The second-order valence-electron chi connectivity index (χ2n) is 5.96. The quantitative estimate of drug-likeness (QED) is 0.551. The Morgan fingerprint density at radius 1 is 0.880 bits per heavy atom. The highest BCUT2D eigenvalue weighted by molar-refractivity contribution is 6.05. The minimum atomic E-state index is -0.203. The number of amides is 1. The van der Waals surface area contributed by atoms with E-state index in [0.29, 0.717) is 33.2 Å². The third-order valence-corrected chi connectivity index (χ3v) is 4.12. The van der Waals surface area contributed by atoms with E-state index in [-0.39, 0.29) is 11.3 Å². The van der Waals surface area contributed by atoms with Crippen molar-refractivity contribution >= 4 is 33.5 Å². The molecule has 1 N–H and O–H groups in total. The highest BCUT2D eigenvalue weighted by Gasteiger charge is 2.10. The molecule has 3 aromatic carbocycles. The molecule has 0 aliphatic carbocycles. The minimum Gasteiger partial charge on any atom is -0.456 e. The predicted octanol–water partition coefficient (Wildman–Crippen LogP) is 4.51. The van der Waals surface area contributed by atoms with E-state index in [1.807, 2.05) is 37.3 Å². The molecule has 4 heteroatoms. The molecule has 122 valence electrons. The lowest BCUT2D eigenvalue weighted by Gasteiger charge is -2.07. The van der Waals surface area contributed by atoms with Crippen LogP contribution < -0.4 is 10.7 Å². The van der Waals surface area contributed by atoms with Crippen molar-refractivity contribution in [2.75, 3.05) is 5.32 Å². The first-order valence-electron chi connectivity index (χ1n) is 7.95. The van der Waals surface area contributed by atoms with Crippen LogP contribution in [0.2, 0.25) is 0 Å². The van der Waals surface area contributed by atoms with E-state index in [2.05, 4.69) is 5.32 Å². The topological polar surface area (TPSA) is 59.3 Å². The third kappa shape index (κ3) is 2.78. The maximum Gasteiger partial charge on any atom is 0.255 e. The van der Waals surface area contributed by atoms with Crippen LogP contribution in [-0.4, -0.2) is 5.91 Å². The minimum absolute atomic E-state index is 0.0755. The average Bonchev–Trinajstić information content (AvgIpc) is 2.62. The fraction of sp³-hybridized carbons (Fsp3) is 0.0476. The van der Waals surface area contributed by atoms with E-state index in [1.54, 1.807) is 36.4 Å². The average molecular weight is 329 g/mol. The van der Waals surface area contributed by atoms with Crippen LogP contribution in [0.15, 0.2) is 75.9 Å². The van der Waals surface area contributed by atoms with Crippen molar-refractivity contribution in [1.29, 1.82) is 0 Å². The SMILES string of the molecule is Cc1cccc(C(=O)Nc2ccc3c(=O)c4ccccc4oc3c2)c1. The van der Waals surface area contributed by atoms with Crippen LogP contribution in [0.25, 0.3) is 21.9 Å². The highest BCUT2D eigenvalue weighted by atomic mass is 16.3. The normalized spacial score (nSPS) is 10.9. The van der Waals surface area contributed by atoms with Gasteiger partial charge in [0, 0.05) is 17.3 Å². The molecule has 25 heavy (non-hydrogen) atoms. The van der Waals surface area contributed by atoms with Gasteiger partial charge in [-0.1, -0.05) is 29.8 Å². The first kappa shape index (κ1) is 15.1. The molecular formula is C21H15NO3. The Morgan fingerprint density at radius 2 is 1.68 bits per heavy atom. The highest BCUT2D eigenvalue weighted by Crippen LogP contribution is 2.22. The number of fused-ring (bicyclic) bond motifs is 2. The van der Waals surface area contributed by atoms with Crippen LogP contribution >= 0.6 is 0 Å². The number of aryl methyl sites for hydroxylation is 1. The molecule has 4 nitrogen and oxygen atoms in total. The molecule has 1 amide bonds. The van der Waals surface area contributed by atoms with Crippen LogP contribution in [0.1, 0.15) is 15.9 Å². The lowest BCUT2D eigenvalue weighted by molar-refractivity contribution is 0.102. The summed E-state index contributed by atoms with van der Waals surface area (Å²) in [6.07, 6.45) is 0. The molecule has 0 fully saturated rings. The van der Waals surface area contributed by atoms with Gasteiger partial charge in [0.15, 0.2) is 0 Å². The van der Waals surface area contributed by atoms with Gasteiger partial charge in [0.05, 0.1) is 10.8 Å². The van der Waals surface area contributed by atoms with E-state index in [9.17, 15) is 9.59 Å². The van der Waals surface area contributed by atoms with Gasteiger partial charge in [0.1, 0.15) is 11.2 Å². The summed E-state index contributed by atoms with van der Waals surface area (Å²) in [5.74, 6) is -0.203. The Labute approximate surface area is 143 Å². The van der Waals surface area contributed by atoms with Gasteiger partial charge in [-0.2, -0.15) is 0 Å². The van der Waals surface area contributed by atoms with Crippen LogP contribution in [0.5, 0.6) is 0 Å². The summed E-state index contributed by atoms with van der Waals surface area (Å²) in [6.45, 7) is 1.94. The van der Waals surface area contributed by atoms with Gasteiger partial charge in [0.2, 0.25) is 5.43 Å². The van der Waals surface area contributed by atoms with E-state index in [1.165, 1.54) is 0 Å². The first-order chi connectivity index (χ1) is 12.1. The van der Waals surface area contributed by atoms with Crippen molar-refractivity contribution in [3.05, 3.63) is 88.1 Å². The molecule has 0 atom stereocenters. The van der Waals surface area contributed by atoms with Crippen molar-refractivity contribution in [2.45, 2.75) is 6.92 Å². The van der Waals surface area contributed by atoms with Gasteiger partial charge in [0.25, 0.3) is 5.91 Å². The number of carbonyl (C=O) groups is 1. The van der Waals surface area contributed by atoms with Gasteiger partial charge in [-0.3, -0.25) is 9.59 Å². The Hall–Kier alpha value is -3.40. The summed E-state index contributed by atoms with van der Waals surface area (Å²) >= 11 is 0. The van der Waals surface area contributed by atoms with Crippen LogP contribution in [0, 0.1) is 6.92 Å². The van der Waals surface area contributed by atoms with Crippen molar-refractivity contribution in [3.63, 3.8) is 0 Å². The Morgan fingerprint density at radius 3 is 2.52 bits per heavy atom. The molecule has 0 aliphatic rings. The fourth-order valence-electron chi connectivity index (χ4n) is 2.87. The molecule has 1 heterocycles. The third-order valence-electron chi connectivity index (χ3n) is 4.12. The standard InChI is InChI=1S/C21H15NO3/c1-13-5-4-6-14(11-13)21(24)22-15-9-10-17-19(12-15)25-18-8-3-2-7-16(18)20(17)23/h2-12H,1H3,(H,22,24). The van der Waals surface area contributed by atoms with E-state index in [4.69, 9.17) is 4.42 Å². The second kappa shape index (κ2) is 5.91. The number of para-hydroxylation sites is 1. The number of benzene rings is 3. The maximum atomic E-state index is 12.5. The summed E-state index contributed by atoms with van der Waals surface area (Å²) < 4.78 is 5.82. The van der Waals surface area contributed by atoms with Crippen molar-refractivity contribution < 1.29 is 9.21 Å². The summed E-state index contributed by atoms with van der Waals surface area (Å²) in [6, 6.07) is 19.6. The molecule has 0 aliphatic heterocycles. The molecule has 4 rings (SSSR count). The fourth-order valence-corrected chi connectivity index (χ4v) is 2.87. The molecule has 0 bridgehead atoms. The van der Waals surface area contributed by atoms with Crippen LogP contribution in [-0.2, 0) is 0 Å². The lowest BCUT2D eigenvalue weighted by Crippen LogP contribution is -2.12. The summed E-state index contributed by atoms with van der Waals surface area (Å²) in [4.78, 5) is 24.9. The molecule has 4 aromatic rings. The number of carbonyl (C=O) groups excluding carboxylic acids is 1. The van der Waals surface area contributed by atoms with Crippen molar-refractivity contribution in [3.8, 4) is 0 Å². The molecule has 0 saturated carbocycles. The van der Waals surface area contributed by atoms with E-state index in [0.717, 1.165) is 5.56 Å². The summed E-state index contributed by atoms with van der Waals surface area (Å²) in [5.41, 5.74) is 3.09. The summed E-state index contributed by atoms with van der Waals surface area (Å²) in [7, 11) is 0. The van der Waals surface area contributed by atoms with Crippen molar-refractivity contribution in [2.24, 2.45) is 0 Å². The van der Waals surface area contributed by atoms with Crippen LogP contribution in [0.3, 0.4) is 0 Å². The number of anilines is 1. The lowest BCUT2D eigenvalue weighted by atomic mass is 10.1. The molecule has 1 aromatic heterocycles. The molecule has 0 saturated heterocycles. The number of nitrogens with one attached hydrogen (secondary N) is 1. The molecular weight excluding hydrogens is 314 g/mol. The molecule has 0 unspecified atom stereocenters. The maximum absolute atomic E-state index is 12.5. The zero-order valence-corrected chi connectivity index (χ0v) is 13.6. The van der Waals surface area contributed by atoms with Gasteiger partial charge in [-0.05, 0) is 43.3 Å². The molecule has 0 spiro atoms. The Bertz CT molecular complexity index is 1170.